The summed E-state index contributed by atoms with van der Waals surface area (Å²) in [5.41, 5.74) is 0.774. The van der Waals surface area contributed by atoms with Crippen LogP contribution in [0.3, 0.4) is 0 Å². The third kappa shape index (κ3) is 4.96. The van der Waals surface area contributed by atoms with E-state index in [9.17, 15) is 9.59 Å². The molecular formula is C17H24N2O4. The number of rotatable bonds is 7. The fourth-order valence-corrected chi connectivity index (χ4v) is 2.51. The Labute approximate surface area is 136 Å². The van der Waals surface area contributed by atoms with Gasteiger partial charge in [0.05, 0.1) is 12.2 Å². The second-order valence-electron chi connectivity index (χ2n) is 5.60. The molecule has 2 amide bonds. The number of hydrogen-bond donors (Lipinski definition) is 1. The van der Waals surface area contributed by atoms with Gasteiger partial charge in [0, 0.05) is 33.1 Å². The molecule has 0 aromatic heterocycles. The number of nitrogens with zero attached hydrogens (tertiary/aromatic N) is 1. The van der Waals surface area contributed by atoms with E-state index in [1.807, 2.05) is 31.2 Å². The number of fused-ring (bicyclic) bond motifs is 1. The molecule has 6 heteroatoms. The van der Waals surface area contributed by atoms with E-state index < -0.39 is 0 Å². The maximum absolute atomic E-state index is 12.5. The number of carbonyl (C=O) groups is 2. The quantitative estimate of drug-likeness (QED) is 0.777. The summed E-state index contributed by atoms with van der Waals surface area (Å²) in [6.07, 6.45) is 1.10. The number of methoxy groups -OCH3 is 1. The van der Waals surface area contributed by atoms with E-state index >= 15 is 0 Å². The Kier molecular flexibility index (Phi) is 6.40. The van der Waals surface area contributed by atoms with Crippen molar-refractivity contribution < 1.29 is 19.1 Å². The summed E-state index contributed by atoms with van der Waals surface area (Å²) in [4.78, 5) is 25.9. The summed E-state index contributed by atoms with van der Waals surface area (Å²) in [5.74, 6) is 0.548. The zero-order chi connectivity index (χ0) is 16.7. The highest BCUT2D eigenvalue weighted by atomic mass is 16.5. The lowest BCUT2D eigenvalue weighted by Gasteiger charge is -2.33. The summed E-state index contributed by atoms with van der Waals surface area (Å²) in [5, 5.41) is 2.79. The highest BCUT2D eigenvalue weighted by Gasteiger charge is 2.27. The van der Waals surface area contributed by atoms with Crippen LogP contribution in [0.15, 0.2) is 24.3 Å². The van der Waals surface area contributed by atoms with Gasteiger partial charge < -0.3 is 19.7 Å². The maximum Gasteiger partial charge on any atom is 0.227 e. The van der Waals surface area contributed by atoms with E-state index in [1.54, 1.807) is 12.0 Å². The standard InChI is InChI=1S/C17H24N2O4/c1-13-12-19(14-6-3-4-7-15(14)23-13)17(21)9-8-16(20)18-10-5-11-22-2/h3-4,6-7,13H,5,8-12H2,1-2H3,(H,18,20). The monoisotopic (exact) mass is 320 g/mol. The third-order valence-corrected chi connectivity index (χ3v) is 3.64. The first-order valence-electron chi connectivity index (χ1n) is 7.93. The lowest BCUT2D eigenvalue weighted by molar-refractivity contribution is -0.125. The van der Waals surface area contributed by atoms with Gasteiger partial charge in [-0.1, -0.05) is 12.1 Å². The van der Waals surface area contributed by atoms with Gasteiger partial charge in [0.1, 0.15) is 11.9 Å². The Morgan fingerprint density at radius 2 is 2.13 bits per heavy atom. The van der Waals surface area contributed by atoms with Gasteiger partial charge in [0.15, 0.2) is 0 Å². The topological polar surface area (TPSA) is 67.9 Å². The molecule has 0 saturated carbocycles. The zero-order valence-electron chi connectivity index (χ0n) is 13.7. The molecule has 1 aliphatic heterocycles. The highest BCUT2D eigenvalue weighted by molar-refractivity contribution is 5.97. The van der Waals surface area contributed by atoms with Gasteiger partial charge in [-0.2, -0.15) is 0 Å². The minimum Gasteiger partial charge on any atom is -0.487 e. The first-order valence-corrected chi connectivity index (χ1v) is 7.93. The molecule has 0 spiro atoms. The predicted octanol–water partition coefficient (Wildman–Crippen LogP) is 1.73. The van der Waals surface area contributed by atoms with Crippen LogP contribution in [0.4, 0.5) is 5.69 Å². The third-order valence-electron chi connectivity index (χ3n) is 3.64. The fraction of sp³-hybridized carbons (Fsp3) is 0.529. The Morgan fingerprint density at radius 3 is 2.91 bits per heavy atom. The molecule has 23 heavy (non-hydrogen) atoms. The molecule has 1 aromatic rings. The van der Waals surface area contributed by atoms with E-state index in [4.69, 9.17) is 9.47 Å². The Bertz CT molecular complexity index is 547. The van der Waals surface area contributed by atoms with Crippen molar-refractivity contribution in [1.29, 1.82) is 0 Å². The first-order chi connectivity index (χ1) is 11.1. The lowest BCUT2D eigenvalue weighted by atomic mass is 10.1. The van der Waals surface area contributed by atoms with Crippen LogP contribution >= 0.6 is 0 Å². The molecule has 2 rings (SSSR count). The van der Waals surface area contributed by atoms with Gasteiger partial charge in [-0.25, -0.2) is 0 Å². The number of para-hydroxylation sites is 2. The lowest BCUT2D eigenvalue weighted by Crippen LogP contribution is -2.42. The van der Waals surface area contributed by atoms with Gasteiger partial charge in [-0.3, -0.25) is 9.59 Å². The molecule has 1 aromatic carbocycles. The highest BCUT2D eigenvalue weighted by Crippen LogP contribution is 2.33. The van der Waals surface area contributed by atoms with Crippen LogP contribution in [0.25, 0.3) is 0 Å². The number of nitrogens with one attached hydrogen (secondary N) is 1. The van der Waals surface area contributed by atoms with Crippen molar-refractivity contribution in [3.63, 3.8) is 0 Å². The van der Waals surface area contributed by atoms with Crippen molar-refractivity contribution in [2.45, 2.75) is 32.3 Å². The minimum absolute atomic E-state index is 0.0559. The van der Waals surface area contributed by atoms with Crippen molar-refractivity contribution in [2.24, 2.45) is 0 Å². The van der Waals surface area contributed by atoms with Crippen molar-refractivity contribution in [3.8, 4) is 5.75 Å². The van der Waals surface area contributed by atoms with Crippen molar-refractivity contribution >= 4 is 17.5 Å². The van der Waals surface area contributed by atoms with E-state index in [1.165, 1.54) is 0 Å². The summed E-state index contributed by atoms with van der Waals surface area (Å²) < 4.78 is 10.6. The number of amides is 2. The molecule has 0 saturated heterocycles. The van der Waals surface area contributed by atoms with E-state index in [0.717, 1.165) is 12.1 Å². The van der Waals surface area contributed by atoms with Crippen molar-refractivity contribution in [3.05, 3.63) is 24.3 Å². The first kappa shape index (κ1) is 17.3. The predicted molar refractivity (Wildman–Crippen MR) is 87.6 cm³/mol. The van der Waals surface area contributed by atoms with Gasteiger partial charge in [0.2, 0.25) is 11.8 Å². The number of ether oxygens (including phenoxy) is 2. The molecule has 0 fully saturated rings. The number of carbonyl (C=O) groups excluding carboxylic acids is 2. The SMILES string of the molecule is COCCCNC(=O)CCC(=O)N1CC(C)Oc2ccccc21. The van der Waals surface area contributed by atoms with Crippen LogP contribution in [0.5, 0.6) is 5.75 Å². The largest absolute Gasteiger partial charge is 0.487 e. The number of benzene rings is 1. The fourth-order valence-electron chi connectivity index (χ4n) is 2.51. The molecule has 6 nitrogen and oxygen atoms in total. The molecule has 1 atom stereocenters. The molecule has 0 radical (unpaired) electrons. The Morgan fingerprint density at radius 1 is 1.35 bits per heavy atom. The summed E-state index contributed by atoms with van der Waals surface area (Å²) in [7, 11) is 1.63. The molecule has 1 heterocycles. The van der Waals surface area contributed by atoms with Crippen LogP contribution in [0.2, 0.25) is 0 Å². The summed E-state index contributed by atoms with van der Waals surface area (Å²) in [6, 6.07) is 7.48. The van der Waals surface area contributed by atoms with Crippen molar-refractivity contribution in [2.75, 3.05) is 31.7 Å². The van der Waals surface area contributed by atoms with Crippen LogP contribution in [0, 0.1) is 0 Å². The molecule has 1 aliphatic rings. The van der Waals surface area contributed by atoms with Crippen molar-refractivity contribution in [1.82, 2.24) is 5.32 Å². The van der Waals surface area contributed by atoms with Crippen LogP contribution < -0.4 is 15.0 Å². The number of anilines is 1. The smallest absolute Gasteiger partial charge is 0.227 e. The van der Waals surface area contributed by atoms with E-state index in [0.29, 0.717) is 25.4 Å². The molecule has 1 N–H and O–H groups in total. The second-order valence-corrected chi connectivity index (χ2v) is 5.60. The van der Waals surface area contributed by atoms with E-state index in [-0.39, 0.29) is 30.8 Å². The molecule has 1 unspecified atom stereocenters. The molecular weight excluding hydrogens is 296 g/mol. The summed E-state index contributed by atoms with van der Waals surface area (Å²) in [6.45, 7) is 3.62. The van der Waals surface area contributed by atoms with Gasteiger partial charge in [0.25, 0.3) is 0 Å². The summed E-state index contributed by atoms with van der Waals surface area (Å²) >= 11 is 0. The normalized spacial score (nSPS) is 16.4. The molecule has 0 bridgehead atoms. The van der Waals surface area contributed by atoms with Crippen LogP contribution in [-0.4, -0.2) is 44.7 Å². The number of hydrogen-bond acceptors (Lipinski definition) is 4. The Hall–Kier alpha value is -2.08. The molecule has 126 valence electrons. The van der Waals surface area contributed by atoms with Crippen LogP contribution in [-0.2, 0) is 14.3 Å². The van der Waals surface area contributed by atoms with Gasteiger partial charge >= 0.3 is 0 Å². The van der Waals surface area contributed by atoms with Gasteiger partial charge in [-0.15, -0.1) is 0 Å². The van der Waals surface area contributed by atoms with Crippen LogP contribution in [0.1, 0.15) is 26.2 Å². The van der Waals surface area contributed by atoms with E-state index in [2.05, 4.69) is 5.32 Å². The zero-order valence-corrected chi connectivity index (χ0v) is 13.7. The minimum atomic E-state index is -0.107. The average Bonchev–Trinajstić information content (AvgIpc) is 2.55. The second kappa shape index (κ2) is 8.53. The van der Waals surface area contributed by atoms with Gasteiger partial charge in [-0.05, 0) is 25.5 Å². The molecule has 0 aliphatic carbocycles. The maximum atomic E-state index is 12.5. The average molecular weight is 320 g/mol. The Balaban J connectivity index is 1.85.